The van der Waals surface area contributed by atoms with Gasteiger partial charge in [0.2, 0.25) is 0 Å². The van der Waals surface area contributed by atoms with Crippen LogP contribution < -0.4 is 5.32 Å². The SMILES string of the molecule is CC(C)NCC1CCC(C(C)(C)C)CC1Cc1nccs1. The molecule has 1 saturated carbocycles. The van der Waals surface area contributed by atoms with Crippen LogP contribution in [-0.4, -0.2) is 17.6 Å². The lowest BCUT2D eigenvalue weighted by Gasteiger charge is -2.42. The number of hydrogen-bond donors (Lipinski definition) is 1. The molecule has 1 N–H and O–H groups in total. The molecule has 3 unspecified atom stereocenters. The van der Waals surface area contributed by atoms with E-state index < -0.39 is 0 Å². The third-order valence-corrected chi connectivity index (χ3v) is 5.88. The summed E-state index contributed by atoms with van der Waals surface area (Å²) in [4.78, 5) is 4.53. The minimum absolute atomic E-state index is 0.442. The topological polar surface area (TPSA) is 24.9 Å². The van der Waals surface area contributed by atoms with Gasteiger partial charge in [0.05, 0.1) is 5.01 Å². The zero-order valence-electron chi connectivity index (χ0n) is 14.4. The summed E-state index contributed by atoms with van der Waals surface area (Å²) in [6.07, 6.45) is 7.26. The number of rotatable bonds is 5. The summed E-state index contributed by atoms with van der Waals surface area (Å²) in [6, 6.07) is 0.589. The minimum atomic E-state index is 0.442. The number of hydrogen-bond acceptors (Lipinski definition) is 3. The van der Waals surface area contributed by atoms with Crippen molar-refractivity contribution >= 4 is 11.3 Å². The van der Waals surface area contributed by atoms with Crippen molar-refractivity contribution in [2.45, 2.75) is 66.3 Å². The van der Waals surface area contributed by atoms with Gasteiger partial charge in [-0.1, -0.05) is 34.6 Å². The first-order valence-corrected chi connectivity index (χ1v) is 9.36. The van der Waals surface area contributed by atoms with Crippen molar-refractivity contribution < 1.29 is 0 Å². The van der Waals surface area contributed by atoms with Crippen LogP contribution in [0.3, 0.4) is 0 Å². The summed E-state index contributed by atoms with van der Waals surface area (Å²) in [6.45, 7) is 12.9. The molecule has 1 aliphatic carbocycles. The average Bonchev–Trinajstić information content (AvgIpc) is 2.88. The first-order chi connectivity index (χ1) is 9.86. The van der Waals surface area contributed by atoms with Gasteiger partial charge in [-0.05, 0) is 49.0 Å². The second-order valence-corrected chi connectivity index (χ2v) is 9.07. The molecule has 1 aliphatic rings. The van der Waals surface area contributed by atoms with Crippen LogP contribution in [0.5, 0.6) is 0 Å². The first-order valence-electron chi connectivity index (χ1n) is 8.48. The molecule has 0 saturated heterocycles. The molecule has 0 aromatic carbocycles. The highest BCUT2D eigenvalue weighted by Crippen LogP contribution is 2.43. The Kier molecular flexibility index (Phi) is 5.84. The fourth-order valence-corrected chi connectivity index (χ4v) is 4.31. The highest BCUT2D eigenvalue weighted by molar-refractivity contribution is 7.09. The molecule has 0 bridgehead atoms. The van der Waals surface area contributed by atoms with Gasteiger partial charge in [-0.25, -0.2) is 4.98 Å². The Balaban J connectivity index is 2.02. The lowest BCUT2D eigenvalue weighted by molar-refractivity contribution is 0.0961. The number of nitrogens with one attached hydrogen (secondary N) is 1. The quantitative estimate of drug-likeness (QED) is 0.848. The van der Waals surface area contributed by atoms with Crippen LogP contribution >= 0.6 is 11.3 Å². The van der Waals surface area contributed by atoms with Crippen LogP contribution in [0, 0.1) is 23.2 Å². The zero-order chi connectivity index (χ0) is 15.5. The van der Waals surface area contributed by atoms with E-state index in [1.165, 1.54) is 37.2 Å². The van der Waals surface area contributed by atoms with Crippen molar-refractivity contribution in [3.8, 4) is 0 Å². The van der Waals surface area contributed by atoms with Gasteiger partial charge in [0.25, 0.3) is 0 Å². The molecule has 0 radical (unpaired) electrons. The molecule has 1 aromatic rings. The van der Waals surface area contributed by atoms with E-state index in [9.17, 15) is 0 Å². The fraction of sp³-hybridized carbons (Fsp3) is 0.833. The van der Waals surface area contributed by atoms with Crippen LogP contribution in [0.4, 0.5) is 0 Å². The lowest BCUT2D eigenvalue weighted by Crippen LogP contribution is -2.39. The Labute approximate surface area is 134 Å². The molecule has 1 fully saturated rings. The van der Waals surface area contributed by atoms with Crippen molar-refractivity contribution in [3.05, 3.63) is 16.6 Å². The molecule has 0 aliphatic heterocycles. The molecular formula is C18H32N2S. The van der Waals surface area contributed by atoms with Crippen LogP contribution in [0.25, 0.3) is 0 Å². The van der Waals surface area contributed by atoms with Gasteiger partial charge >= 0.3 is 0 Å². The van der Waals surface area contributed by atoms with E-state index in [0.29, 0.717) is 11.5 Å². The van der Waals surface area contributed by atoms with E-state index in [2.05, 4.69) is 50.3 Å². The normalized spacial score (nSPS) is 27.2. The Hall–Kier alpha value is -0.410. The van der Waals surface area contributed by atoms with Crippen molar-refractivity contribution in [1.29, 1.82) is 0 Å². The molecule has 1 heterocycles. The summed E-state index contributed by atoms with van der Waals surface area (Å²) < 4.78 is 0. The van der Waals surface area contributed by atoms with E-state index in [1.54, 1.807) is 0 Å². The predicted octanol–water partition coefficient (Wildman–Crippen LogP) is 4.76. The molecule has 3 heteroatoms. The summed E-state index contributed by atoms with van der Waals surface area (Å²) in [5.41, 5.74) is 0.442. The van der Waals surface area contributed by atoms with Crippen molar-refractivity contribution in [3.63, 3.8) is 0 Å². The standard InChI is InChI=1S/C18H32N2S/c1-13(2)20-12-14-6-7-16(18(3,4)5)10-15(14)11-17-19-8-9-21-17/h8-9,13-16,20H,6-7,10-12H2,1-5H3. The predicted molar refractivity (Wildman–Crippen MR) is 92.7 cm³/mol. The molecule has 3 atom stereocenters. The minimum Gasteiger partial charge on any atom is -0.314 e. The van der Waals surface area contributed by atoms with Crippen molar-refractivity contribution in [2.75, 3.05) is 6.54 Å². The first kappa shape index (κ1) is 17.0. The summed E-state index contributed by atoms with van der Waals surface area (Å²) in [7, 11) is 0. The molecule has 2 rings (SSSR count). The van der Waals surface area contributed by atoms with Gasteiger partial charge < -0.3 is 5.32 Å². The highest BCUT2D eigenvalue weighted by Gasteiger charge is 2.36. The molecule has 21 heavy (non-hydrogen) atoms. The van der Waals surface area contributed by atoms with E-state index in [0.717, 1.165) is 17.8 Å². The van der Waals surface area contributed by atoms with E-state index in [1.807, 2.05) is 17.5 Å². The van der Waals surface area contributed by atoms with Crippen molar-refractivity contribution in [1.82, 2.24) is 10.3 Å². The molecule has 0 spiro atoms. The van der Waals surface area contributed by atoms with Crippen molar-refractivity contribution in [2.24, 2.45) is 23.2 Å². The Morgan fingerprint density at radius 2 is 2.05 bits per heavy atom. The number of thiazole rings is 1. The second-order valence-electron chi connectivity index (χ2n) is 8.09. The number of nitrogens with zero attached hydrogens (tertiary/aromatic N) is 1. The maximum Gasteiger partial charge on any atom is 0.0927 e. The Morgan fingerprint density at radius 3 is 2.62 bits per heavy atom. The average molecular weight is 309 g/mol. The maximum absolute atomic E-state index is 4.53. The molecule has 2 nitrogen and oxygen atoms in total. The second kappa shape index (κ2) is 7.23. The van der Waals surface area contributed by atoms with Gasteiger partial charge in [0.15, 0.2) is 0 Å². The monoisotopic (exact) mass is 308 g/mol. The zero-order valence-corrected chi connectivity index (χ0v) is 15.2. The summed E-state index contributed by atoms with van der Waals surface area (Å²) in [5.74, 6) is 2.47. The van der Waals surface area contributed by atoms with E-state index in [4.69, 9.17) is 0 Å². The molecule has 0 amide bonds. The van der Waals surface area contributed by atoms with Crippen LogP contribution in [0.15, 0.2) is 11.6 Å². The van der Waals surface area contributed by atoms with Crippen LogP contribution in [0.1, 0.15) is 58.9 Å². The third kappa shape index (κ3) is 5.07. The molecular weight excluding hydrogens is 276 g/mol. The molecule has 1 aromatic heterocycles. The number of aromatic nitrogens is 1. The van der Waals surface area contributed by atoms with E-state index in [-0.39, 0.29) is 0 Å². The van der Waals surface area contributed by atoms with Gasteiger partial charge in [0.1, 0.15) is 0 Å². The summed E-state index contributed by atoms with van der Waals surface area (Å²) in [5, 5.41) is 7.10. The third-order valence-electron chi connectivity index (χ3n) is 5.07. The van der Waals surface area contributed by atoms with Gasteiger partial charge in [-0.15, -0.1) is 11.3 Å². The largest absolute Gasteiger partial charge is 0.314 e. The van der Waals surface area contributed by atoms with Crippen LogP contribution in [0.2, 0.25) is 0 Å². The summed E-state index contributed by atoms with van der Waals surface area (Å²) >= 11 is 1.82. The van der Waals surface area contributed by atoms with E-state index >= 15 is 0 Å². The lowest BCUT2D eigenvalue weighted by atomic mass is 9.65. The van der Waals surface area contributed by atoms with Gasteiger partial charge in [0, 0.05) is 24.0 Å². The fourth-order valence-electron chi connectivity index (χ4n) is 3.60. The smallest absolute Gasteiger partial charge is 0.0927 e. The Bertz CT molecular complexity index is 405. The van der Waals surface area contributed by atoms with Gasteiger partial charge in [-0.2, -0.15) is 0 Å². The Morgan fingerprint density at radius 1 is 1.29 bits per heavy atom. The highest BCUT2D eigenvalue weighted by atomic mass is 32.1. The van der Waals surface area contributed by atoms with Crippen LogP contribution in [-0.2, 0) is 6.42 Å². The molecule has 120 valence electrons. The van der Waals surface area contributed by atoms with Gasteiger partial charge in [-0.3, -0.25) is 0 Å². The maximum atomic E-state index is 4.53.